The number of benzene rings is 5. The van der Waals surface area contributed by atoms with Crippen molar-refractivity contribution in [3.8, 4) is 11.1 Å². The van der Waals surface area contributed by atoms with Crippen molar-refractivity contribution in [2.45, 2.75) is 13.8 Å². The van der Waals surface area contributed by atoms with Crippen LogP contribution >= 0.6 is 0 Å². The fourth-order valence-electron chi connectivity index (χ4n) is 4.95. The van der Waals surface area contributed by atoms with Gasteiger partial charge in [-0.25, -0.2) is 0 Å². The Morgan fingerprint density at radius 1 is 0.607 bits per heavy atom. The smallest absolute Gasteiger partial charge is 0.0786 e. The molecule has 0 bridgehead atoms. The lowest BCUT2D eigenvalue weighted by molar-refractivity contribution is 1.39. The summed E-state index contributed by atoms with van der Waals surface area (Å²) in [7, 11) is 0. The molecule has 1 heterocycles. The van der Waals surface area contributed by atoms with Gasteiger partial charge >= 0.3 is 0 Å². The van der Waals surface area contributed by atoms with E-state index in [1.165, 1.54) is 60.0 Å². The van der Waals surface area contributed by atoms with Gasteiger partial charge in [-0.1, -0.05) is 60.7 Å². The molecule has 5 aromatic carbocycles. The molecular weight excluding hydrogens is 338 g/mol. The summed E-state index contributed by atoms with van der Waals surface area (Å²) in [6.07, 6.45) is 1.90. The van der Waals surface area contributed by atoms with Crippen molar-refractivity contribution >= 4 is 43.2 Å². The quantitative estimate of drug-likeness (QED) is 0.220. The maximum atomic E-state index is 4.74. The van der Waals surface area contributed by atoms with E-state index in [2.05, 4.69) is 80.6 Å². The van der Waals surface area contributed by atoms with Gasteiger partial charge in [0.05, 0.1) is 5.52 Å². The number of aromatic nitrogens is 1. The molecule has 0 amide bonds. The Labute approximate surface area is 163 Å². The lowest BCUT2D eigenvalue weighted by atomic mass is 9.85. The van der Waals surface area contributed by atoms with Gasteiger partial charge in [-0.15, -0.1) is 0 Å². The Bertz CT molecular complexity index is 1500. The van der Waals surface area contributed by atoms with Crippen molar-refractivity contribution in [3.05, 3.63) is 90.1 Å². The Kier molecular flexibility index (Phi) is 3.08. The van der Waals surface area contributed by atoms with E-state index >= 15 is 0 Å². The van der Waals surface area contributed by atoms with E-state index in [4.69, 9.17) is 4.98 Å². The molecular formula is C27H19N. The molecule has 0 radical (unpaired) electrons. The van der Waals surface area contributed by atoms with Crippen LogP contribution in [-0.4, -0.2) is 4.98 Å². The van der Waals surface area contributed by atoms with Gasteiger partial charge in [0, 0.05) is 17.0 Å². The van der Waals surface area contributed by atoms with Gasteiger partial charge in [0.15, 0.2) is 0 Å². The summed E-state index contributed by atoms with van der Waals surface area (Å²) in [5.41, 5.74) is 6.41. The summed E-state index contributed by atoms with van der Waals surface area (Å²) in [4.78, 5) is 4.74. The van der Waals surface area contributed by atoms with E-state index in [0.717, 1.165) is 5.52 Å². The second-order valence-electron chi connectivity index (χ2n) is 7.72. The number of pyridine rings is 1. The lowest BCUT2D eigenvalue weighted by Gasteiger charge is -2.19. The first-order valence-electron chi connectivity index (χ1n) is 9.75. The Morgan fingerprint density at radius 2 is 1.29 bits per heavy atom. The van der Waals surface area contributed by atoms with Gasteiger partial charge in [0.25, 0.3) is 0 Å². The summed E-state index contributed by atoms with van der Waals surface area (Å²) in [5, 5.41) is 9.05. The van der Waals surface area contributed by atoms with Crippen LogP contribution in [0.1, 0.15) is 11.1 Å². The molecule has 132 valence electrons. The minimum atomic E-state index is 1.09. The predicted octanol–water partition coefficient (Wildman–Crippen LogP) is 7.42. The van der Waals surface area contributed by atoms with Crippen molar-refractivity contribution in [2.24, 2.45) is 0 Å². The summed E-state index contributed by atoms with van der Waals surface area (Å²) < 4.78 is 0. The molecule has 1 heteroatoms. The average molecular weight is 357 g/mol. The highest BCUT2D eigenvalue weighted by molar-refractivity contribution is 6.34. The van der Waals surface area contributed by atoms with Gasteiger partial charge in [0.1, 0.15) is 0 Å². The third-order valence-corrected chi connectivity index (χ3v) is 6.10. The zero-order valence-electron chi connectivity index (χ0n) is 16.0. The molecule has 0 saturated heterocycles. The second kappa shape index (κ2) is 5.53. The molecule has 0 fully saturated rings. The summed E-state index contributed by atoms with van der Waals surface area (Å²) >= 11 is 0. The highest BCUT2D eigenvalue weighted by Crippen LogP contribution is 2.44. The summed E-state index contributed by atoms with van der Waals surface area (Å²) in [5.74, 6) is 0. The van der Waals surface area contributed by atoms with Crippen LogP contribution in [0.5, 0.6) is 0 Å². The van der Waals surface area contributed by atoms with Crippen molar-refractivity contribution in [1.82, 2.24) is 4.98 Å². The summed E-state index contributed by atoms with van der Waals surface area (Å²) in [6, 6.07) is 26.5. The second-order valence-corrected chi connectivity index (χ2v) is 7.72. The van der Waals surface area contributed by atoms with Gasteiger partial charge in [-0.2, -0.15) is 0 Å². The zero-order chi connectivity index (χ0) is 18.8. The van der Waals surface area contributed by atoms with E-state index in [0.29, 0.717) is 0 Å². The molecule has 0 N–H and O–H groups in total. The zero-order valence-corrected chi connectivity index (χ0v) is 16.0. The molecule has 1 aromatic heterocycles. The van der Waals surface area contributed by atoms with Gasteiger partial charge in [0.2, 0.25) is 0 Å². The topological polar surface area (TPSA) is 12.9 Å². The number of aryl methyl sites for hydroxylation is 2. The van der Waals surface area contributed by atoms with Crippen molar-refractivity contribution < 1.29 is 0 Å². The van der Waals surface area contributed by atoms with Gasteiger partial charge < -0.3 is 0 Å². The van der Waals surface area contributed by atoms with Crippen molar-refractivity contribution in [2.75, 3.05) is 0 Å². The number of rotatable bonds is 1. The third kappa shape index (κ3) is 1.94. The molecule has 1 nitrogen and oxygen atoms in total. The molecule has 0 saturated carbocycles. The number of hydrogen-bond donors (Lipinski definition) is 0. The maximum absolute atomic E-state index is 4.74. The molecule has 0 spiro atoms. The first kappa shape index (κ1) is 15.6. The third-order valence-electron chi connectivity index (χ3n) is 6.10. The van der Waals surface area contributed by atoms with Crippen LogP contribution in [0.2, 0.25) is 0 Å². The van der Waals surface area contributed by atoms with Gasteiger partial charge in [-0.05, 0) is 75.2 Å². The number of nitrogens with zero attached hydrogens (tertiary/aromatic N) is 1. The first-order chi connectivity index (χ1) is 13.7. The number of hydrogen-bond acceptors (Lipinski definition) is 1. The molecule has 0 aliphatic rings. The minimum absolute atomic E-state index is 1.09. The first-order valence-corrected chi connectivity index (χ1v) is 9.75. The van der Waals surface area contributed by atoms with Crippen molar-refractivity contribution in [3.63, 3.8) is 0 Å². The van der Waals surface area contributed by atoms with Crippen LogP contribution in [0.4, 0.5) is 0 Å². The monoisotopic (exact) mass is 357 g/mol. The van der Waals surface area contributed by atoms with E-state index in [9.17, 15) is 0 Å². The standard InChI is InChI=1S/C27H19N/c1-16-7-3-8-17(2)24(16)23-15-18-9-4-12-22-25(18)26-19(10-5-11-20(23)26)21-13-6-14-28-27(21)22/h3-15H,1-2H3. The Hall–Kier alpha value is -3.45. The number of fused-ring (bicyclic) bond motifs is 3. The van der Waals surface area contributed by atoms with Gasteiger partial charge in [-0.3, -0.25) is 4.98 Å². The van der Waals surface area contributed by atoms with Crippen LogP contribution in [-0.2, 0) is 0 Å². The van der Waals surface area contributed by atoms with E-state index in [1.807, 2.05) is 12.3 Å². The van der Waals surface area contributed by atoms with Crippen LogP contribution in [0.3, 0.4) is 0 Å². The maximum Gasteiger partial charge on any atom is 0.0786 e. The van der Waals surface area contributed by atoms with Crippen molar-refractivity contribution in [1.29, 1.82) is 0 Å². The largest absolute Gasteiger partial charge is 0.256 e. The molecule has 0 aliphatic carbocycles. The average Bonchev–Trinajstić information content (AvgIpc) is 2.73. The Balaban J connectivity index is 1.95. The minimum Gasteiger partial charge on any atom is -0.256 e. The highest BCUT2D eigenvalue weighted by atomic mass is 14.6. The van der Waals surface area contributed by atoms with E-state index < -0.39 is 0 Å². The van der Waals surface area contributed by atoms with E-state index in [-0.39, 0.29) is 0 Å². The molecule has 6 aromatic rings. The highest BCUT2D eigenvalue weighted by Gasteiger charge is 2.18. The van der Waals surface area contributed by atoms with Crippen LogP contribution in [0, 0.1) is 13.8 Å². The predicted molar refractivity (Wildman–Crippen MR) is 120 cm³/mol. The normalized spacial score (nSPS) is 11.9. The molecule has 28 heavy (non-hydrogen) atoms. The fraction of sp³-hybridized carbons (Fsp3) is 0.0741. The molecule has 0 unspecified atom stereocenters. The molecule has 0 atom stereocenters. The SMILES string of the molecule is Cc1cccc(C)c1-c1cc2cccc3c4ncccc4c4cccc1c4c23. The lowest BCUT2D eigenvalue weighted by Crippen LogP contribution is -1.93. The Morgan fingerprint density at radius 3 is 2.14 bits per heavy atom. The van der Waals surface area contributed by atoms with E-state index in [1.54, 1.807) is 0 Å². The molecule has 0 aliphatic heterocycles. The molecule has 6 rings (SSSR count). The van der Waals surface area contributed by atoms with Crippen LogP contribution in [0.15, 0.2) is 79.0 Å². The fourth-order valence-corrected chi connectivity index (χ4v) is 4.95. The van der Waals surface area contributed by atoms with Crippen LogP contribution in [0.25, 0.3) is 54.3 Å². The summed E-state index contributed by atoms with van der Waals surface area (Å²) in [6.45, 7) is 4.42. The van der Waals surface area contributed by atoms with Crippen LogP contribution < -0.4 is 0 Å².